The maximum atomic E-state index is 13.0. The molecule has 1 rings (SSSR count). The molecule has 0 aliphatic carbocycles. The number of aliphatic hydroxyl groups excluding tert-OH is 1. The molecule has 0 amide bonds. The van der Waals surface area contributed by atoms with Gasteiger partial charge in [0.2, 0.25) is 0 Å². The number of nitrogens with zero attached hydrogens (tertiary/aromatic N) is 1. The van der Waals surface area contributed by atoms with Crippen LogP contribution in [-0.4, -0.2) is 23.7 Å². The van der Waals surface area contributed by atoms with Crippen molar-refractivity contribution in [1.82, 2.24) is 10.3 Å². The van der Waals surface area contributed by atoms with Gasteiger partial charge in [0.05, 0.1) is 18.3 Å². The summed E-state index contributed by atoms with van der Waals surface area (Å²) in [6.45, 7) is -0.162. The fraction of sp³-hybridized carbons (Fsp3) is 0.375. The van der Waals surface area contributed by atoms with E-state index in [0.29, 0.717) is 0 Å². The Balaban J connectivity index is 2.92. The van der Waals surface area contributed by atoms with E-state index in [1.165, 1.54) is 18.3 Å². The summed E-state index contributed by atoms with van der Waals surface area (Å²) in [5, 5.41) is 11.6. The lowest BCUT2D eigenvalue weighted by molar-refractivity contribution is 0.245. The minimum atomic E-state index is -0.425. The van der Waals surface area contributed by atoms with Crippen LogP contribution in [-0.2, 0) is 0 Å². The summed E-state index contributed by atoms with van der Waals surface area (Å²) < 4.78 is 13.0. The van der Waals surface area contributed by atoms with Gasteiger partial charge in [0.15, 0.2) is 0 Å². The van der Waals surface area contributed by atoms with Gasteiger partial charge in [0.25, 0.3) is 0 Å². The Hall–Kier alpha value is -1.00. The van der Waals surface area contributed by atoms with Crippen LogP contribution >= 0.6 is 0 Å². The first-order valence-corrected chi connectivity index (χ1v) is 3.68. The zero-order valence-electron chi connectivity index (χ0n) is 6.79. The van der Waals surface area contributed by atoms with Gasteiger partial charge in [-0.3, -0.25) is 4.98 Å². The molecule has 0 aromatic carbocycles. The van der Waals surface area contributed by atoms with Crippen molar-refractivity contribution >= 4 is 0 Å². The molecule has 66 valence electrons. The highest BCUT2D eigenvalue weighted by Crippen LogP contribution is 2.11. The quantitative estimate of drug-likeness (QED) is 0.693. The second kappa shape index (κ2) is 4.13. The van der Waals surface area contributed by atoms with Gasteiger partial charge >= 0.3 is 0 Å². The molecule has 12 heavy (non-hydrogen) atoms. The Bertz CT molecular complexity index is 251. The summed E-state index contributed by atoms with van der Waals surface area (Å²) in [5.41, 5.74) is 0.252. The summed E-state index contributed by atoms with van der Waals surface area (Å²) in [6.07, 6.45) is 1.50. The van der Waals surface area contributed by atoms with Crippen LogP contribution in [0, 0.1) is 5.82 Å². The lowest BCUT2D eigenvalue weighted by atomic mass is 10.2. The van der Waals surface area contributed by atoms with Crippen LogP contribution in [0.5, 0.6) is 0 Å². The van der Waals surface area contributed by atoms with Crippen LogP contribution in [0.4, 0.5) is 4.39 Å². The highest BCUT2D eigenvalue weighted by molar-refractivity contribution is 5.11. The normalized spacial score (nSPS) is 12.9. The number of aliphatic hydroxyl groups is 1. The smallest absolute Gasteiger partial charge is 0.146 e. The molecule has 0 saturated heterocycles. The predicted molar refractivity (Wildman–Crippen MR) is 43.1 cm³/mol. The Morgan fingerprint density at radius 1 is 1.75 bits per heavy atom. The third-order valence-electron chi connectivity index (χ3n) is 1.65. The van der Waals surface area contributed by atoms with Crippen molar-refractivity contribution in [3.8, 4) is 0 Å². The third kappa shape index (κ3) is 1.78. The average molecular weight is 170 g/mol. The van der Waals surface area contributed by atoms with Gasteiger partial charge in [-0.2, -0.15) is 0 Å². The van der Waals surface area contributed by atoms with Gasteiger partial charge in [-0.25, -0.2) is 4.39 Å². The molecule has 0 spiro atoms. The fourth-order valence-corrected chi connectivity index (χ4v) is 0.969. The van der Waals surface area contributed by atoms with E-state index in [1.54, 1.807) is 7.05 Å². The van der Waals surface area contributed by atoms with Crippen molar-refractivity contribution in [2.24, 2.45) is 0 Å². The minimum absolute atomic E-state index is 0.162. The number of halogens is 1. The summed E-state index contributed by atoms with van der Waals surface area (Å²) in [5.74, 6) is -0.397. The number of pyridine rings is 1. The van der Waals surface area contributed by atoms with Gasteiger partial charge < -0.3 is 10.4 Å². The highest BCUT2D eigenvalue weighted by atomic mass is 19.1. The molecular weight excluding hydrogens is 159 g/mol. The average Bonchev–Trinajstić information content (AvgIpc) is 2.10. The first kappa shape index (κ1) is 9.09. The Labute approximate surface area is 70.3 Å². The van der Waals surface area contributed by atoms with Crippen molar-refractivity contribution in [1.29, 1.82) is 0 Å². The van der Waals surface area contributed by atoms with Gasteiger partial charge in [0.1, 0.15) is 5.82 Å². The second-order valence-electron chi connectivity index (χ2n) is 2.39. The number of rotatable bonds is 3. The topological polar surface area (TPSA) is 45.1 Å². The van der Waals surface area contributed by atoms with Crippen molar-refractivity contribution < 1.29 is 9.50 Å². The molecular formula is C8H11FN2O. The molecule has 1 aromatic rings. The first-order chi connectivity index (χ1) is 5.79. The Morgan fingerprint density at radius 2 is 2.50 bits per heavy atom. The Morgan fingerprint density at radius 3 is 3.00 bits per heavy atom. The molecule has 1 atom stereocenters. The standard InChI is InChI=1S/C8H11FN2O/c1-10-7(5-12)8-6(9)3-2-4-11-8/h2-4,7,10,12H,5H2,1H3/t7-/m1/s1. The van der Waals surface area contributed by atoms with Crippen molar-refractivity contribution in [3.05, 3.63) is 29.8 Å². The molecule has 0 aliphatic heterocycles. The fourth-order valence-electron chi connectivity index (χ4n) is 0.969. The molecule has 0 unspecified atom stereocenters. The van der Waals surface area contributed by atoms with E-state index in [4.69, 9.17) is 5.11 Å². The highest BCUT2D eigenvalue weighted by Gasteiger charge is 2.12. The van der Waals surface area contributed by atoms with Gasteiger partial charge in [-0.05, 0) is 19.2 Å². The molecule has 0 bridgehead atoms. The lowest BCUT2D eigenvalue weighted by Gasteiger charge is -2.12. The van der Waals surface area contributed by atoms with Gasteiger partial charge in [-0.15, -0.1) is 0 Å². The van der Waals surface area contributed by atoms with Crippen molar-refractivity contribution in [2.75, 3.05) is 13.7 Å². The van der Waals surface area contributed by atoms with Crippen LogP contribution < -0.4 is 5.32 Å². The largest absolute Gasteiger partial charge is 0.394 e. The monoisotopic (exact) mass is 170 g/mol. The summed E-state index contributed by atoms with van der Waals surface area (Å²) >= 11 is 0. The zero-order valence-corrected chi connectivity index (χ0v) is 6.79. The van der Waals surface area contributed by atoms with Crippen LogP contribution in [0.2, 0.25) is 0 Å². The van der Waals surface area contributed by atoms with Crippen LogP contribution in [0.3, 0.4) is 0 Å². The predicted octanol–water partition coefficient (Wildman–Crippen LogP) is 0.473. The van der Waals surface area contributed by atoms with Crippen LogP contribution in [0.25, 0.3) is 0 Å². The van der Waals surface area contributed by atoms with Crippen molar-refractivity contribution in [3.63, 3.8) is 0 Å². The van der Waals surface area contributed by atoms with E-state index in [9.17, 15) is 4.39 Å². The molecule has 0 fully saturated rings. The number of aromatic nitrogens is 1. The van der Waals surface area contributed by atoms with E-state index in [-0.39, 0.29) is 12.3 Å². The van der Waals surface area contributed by atoms with Crippen LogP contribution in [0.1, 0.15) is 11.7 Å². The summed E-state index contributed by atoms with van der Waals surface area (Å²) in [7, 11) is 1.65. The first-order valence-electron chi connectivity index (χ1n) is 3.68. The van der Waals surface area contributed by atoms with Gasteiger partial charge in [-0.1, -0.05) is 0 Å². The molecule has 0 aliphatic rings. The molecule has 1 heterocycles. The van der Waals surface area contributed by atoms with E-state index < -0.39 is 11.9 Å². The number of nitrogens with one attached hydrogen (secondary N) is 1. The van der Waals surface area contributed by atoms with E-state index in [1.807, 2.05) is 0 Å². The molecule has 3 nitrogen and oxygen atoms in total. The lowest BCUT2D eigenvalue weighted by Crippen LogP contribution is -2.22. The summed E-state index contributed by atoms with van der Waals surface area (Å²) in [6, 6.07) is 2.41. The Kier molecular flexibility index (Phi) is 3.13. The summed E-state index contributed by atoms with van der Waals surface area (Å²) in [4.78, 5) is 3.82. The van der Waals surface area contributed by atoms with E-state index >= 15 is 0 Å². The van der Waals surface area contributed by atoms with E-state index in [2.05, 4.69) is 10.3 Å². The maximum absolute atomic E-state index is 13.0. The number of hydrogen-bond donors (Lipinski definition) is 2. The molecule has 0 saturated carbocycles. The number of hydrogen-bond acceptors (Lipinski definition) is 3. The minimum Gasteiger partial charge on any atom is -0.394 e. The third-order valence-corrected chi connectivity index (χ3v) is 1.65. The maximum Gasteiger partial charge on any atom is 0.146 e. The van der Waals surface area contributed by atoms with Crippen LogP contribution in [0.15, 0.2) is 18.3 Å². The van der Waals surface area contributed by atoms with Gasteiger partial charge in [0, 0.05) is 6.20 Å². The zero-order chi connectivity index (χ0) is 8.97. The van der Waals surface area contributed by atoms with E-state index in [0.717, 1.165) is 0 Å². The molecule has 0 radical (unpaired) electrons. The molecule has 1 aromatic heterocycles. The second-order valence-corrected chi connectivity index (χ2v) is 2.39. The molecule has 4 heteroatoms. The molecule has 2 N–H and O–H groups in total. The number of likely N-dealkylation sites (N-methyl/N-ethyl adjacent to an activating group) is 1. The SMILES string of the molecule is CN[C@H](CO)c1ncccc1F. The van der Waals surface area contributed by atoms with Crippen molar-refractivity contribution in [2.45, 2.75) is 6.04 Å².